The molecule has 0 fully saturated rings. The van der Waals surface area contributed by atoms with E-state index in [9.17, 15) is 18.0 Å². The van der Waals surface area contributed by atoms with Crippen molar-refractivity contribution in [3.8, 4) is 17.1 Å². The number of benzene rings is 1. The van der Waals surface area contributed by atoms with E-state index in [-0.39, 0.29) is 19.0 Å². The van der Waals surface area contributed by atoms with Crippen LogP contribution in [0.4, 0.5) is 18.0 Å². The SMILES string of the molecule is COc1cncc(COC(=O)NCc2ccc(-c3noc(C(F)(F)F)n3)cc2C)c1. The Hall–Kier alpha value is -3.63. The molecule has 1 aromatic carbocycles. The molecule has 3 rings (SSSR count). The van der Waals surface area contributed by atoms with Crippen LogP contribution in [0.5, 0.6) is 5.75 Å². The quantitative estimate of drug-likeness (QED) is 0.643. The van der Waals surface area contributed by atoms with E-state index in [1.54, 1.807) is 37.4 Å². The summed E-state index contributed by atoms with van der Waals surface area (Å²) in [7, 11) is 1.51. The second kappa shape index (κ2) is 8.80. The lowest BCUT2D eigenvalue weighted by Gasteiger charge is -2.10. The van der Waals surface area contributed by atoms with Crippen molar-refractivity contribution in [1.29, 1.82) is 0 Å². The molecule has 0 radical (unpaired) electrons. The summed E-state index contributed by atoms with van der Waals surface area (Å²) in [4.78, 5) is 19.2. The fourth-order valence-electron chi connectivity index (χ4n) is 2.51. The Labute approximate surface area is 169 Å². The second-order valence-electron chi connectivity index (χ2n) is 6.22. The van der Waals surface area contributed by atoms with E-state index < -0.39 is 18.2 Å². The summed E-state index contributed by atoms with van der Waals surface area (Å²) in [5, 5.41) is 5.96. The molecule has 0 saturated heterocycles. The molecule has 158 valence electrons. The summed E-state index contributed by atoms with van der Waals surface area (Å²) in [6.07, 6.45) is -2.24. The number of aromatic nitrogens is 3. The van der Waals surface area contributed by atoms with Crippen LogP contribution in [0.15, 0.2) is 41.2 Å². The Bertz CT molecular complexity index is 1040. The highest BCUT2D eigenvalue weighted by Crippen LogP contribution is 2.29. The van der Waals surface area contributed by atoms with E-state index >= 15 is 0 Å². The summed E-state index contributed by atoms with van der Waals surface area (Å²) in [6.45, 7) is 1.94. The molecular weight excluding hydrogens is 405 g/mol. The number of hydrogen-bond acceptors (Lipinski definition) is 7. The number of alkyl halides is 3. The van der Waals surface area contributed by atoms with Gasteiger partial charge >= 0.3 is 18.2 Å². The van der Waals surface area contributed by atoms with Gasteiger partial charge in [-0.2, -0.15) is 18.2 Å². The Kier molecular flexibility index (Phi) is 6.19. The first-order valence-electron chi connectivity index (χ1n) is 8.65. The summed E-state index contributed by atoms with van der Waals surface area (Å²) >= 11 is 0. The Balaban J connectivity index is 1.56. The zero-order chi connectivity index (χ0) is 21.7. The van der Waals surface area contributed by atoms with E-state index in [0.29, 0.717) is 16.9 Å². The molecule has 1 amide bonds. The average Bonchev–Trinajstić information content (AvgIpc) is 3.22. The highest BCUT2D eigenvalue weighted by atomic mass is 19.4. The smallest absolute Gasteiger partial charge is 0.471 e. The zero-order valence-corrected chi connectivity index (χ0v) is 16.0. The van der Waals surface area contributed by atoms with E-state index in [1.807, 2.05) is 0 Å². The zero-order valence-electron chi connectivity index (χ0n) is 16.0. The lowest BCUT2D eigenvalue weighted by molar-refractivity contribution is -0.159. The second-order valence-corrected chi connectivity index (χ2v) is 6.22. The average molecular weight is 422 g/mol. The van der Waals surface area contributed by atoms with Gasteiger partial charge in [0, 0.05) is 23.9 Å². The Morgan fingerprint density at radius 2 is 2.03 bits per heavy atom. The van der Waals surface area contributed by atoms with Crippen LogP contribution in [0.2, 0.25) is 0 Å². The molecule has 11 heteroatoms. The maximum absolute atomic E-state index is 12.6. The van der Waals surface area contributed by atoms with Gasteiger partial charge in [0.05, 0.1) is 13.3 Å². The number of rotatable bonds is 6. The number of pyridine rings is 1. The van der Waals surface area contributed by atoms with Gasteiger partial charge in [-0.05, 0) is 30.2 Å². The van der Waals surface area contributed by atoms with Crippen molar-refractivity contribution in [3.05, 3.63) is 59.2 Å². The topological polar surface area (TPSA) is 99.4 Å². The van der Waals surface area contributed by atoms with Gasteiger partial charge in [-0.15, -0.1) is 0 Å². The minimum absolute atomic E-state index is 0.0212. The van der Waals surface area contributed by atoms with Crippen LogP contribution in [-0.2, 0) is 24.1 Å². The molecule has 0 spiro atoms. The van der Waals surface area contributed by atoms with Crippen molar-refractivity contribution in [2.24, 2.45) is 0 Å². The van der Waals surface area contributed by atoms with Gasteiger partial charge in [-0.1, -0.05) is 17.3 Å². The lowest BCUT2D eigenvalue weighted by atomic mass is 10.0. The summed E-state index contributed by atoms with van der Waals surface area (Å²) in [5.74, 6) is -1.03. The third kappa shape index (κ3) is 5.25. The van der Waals surface area contributed by atoms with Crippen LogP contribution >= 0.6 is 0 Å². The van der Waals surface area contributed by atoms with Gasteiger partial charge < -0.3 is 19.3 Å². The number of amides is 1. The number of hydrogen-bond donors (Lipinski definition) is 1. The molecule has 0 unspecified atom stereocenters. The molecule has 0 saturated carbocycles. The number of ether oxygens (including phenoxy) is 2. The molecule has 1 N–H and O–H groups in total. The van der Waals surface area contributed by atoms with Gasteiger partial charge in [-0.3, -0.25) is 4.98 Å². The fraction of sp³-hybridized carbons (Fsp3) is 0.263. The number of carbonyl (C=O) groups excluding carboxylic acids is 1. The number of halogens is 3. The van der Waals surface area contributed by atoms with Crippen LogP contribution in [-0.4, -0.2) is 28.3 Å². The van der Waals surface area contributed by atoms with Gasteiger partial charge in [0.25, 0.3) is 0 Å². The van der Waals surface area contributed by atoms with Crippen LogP contribution in [0.3, 0.4) is 0 Å². The molecule has 3 aromatic rings. The molecule has 30 heavy (non-hydrogen) atoms. The molecule has 0 aliphatic carbocycles. The van der Waals surface area contributed by atoms with Crippen LogP contribution in [0.25, 0.3) is 11.4 Å². The maximum Gasteiger partial charge on any atom is 0.471 e. The lowest BCUT2D eigenvalue weighted by Crippen LogP contribution is -2.24. The molecule has 2 heterocycles. The van der Waals surface area contributed by atoms with Crippen molar-refractivity contribution < 1.29 is 32.0 Å². The summed E-state index contributed by atoms with van der Waals surface area (Å²) < 4.78 is 52.2. The first-order valence-corrected chi connectivity index (χ1v) is 8.65. The predicted molar refractivity (Wildman–Crippen MR) is 97.3 cm³/mol. The van der Waals surface area contributed by atoms with E-state index in [0.717, 1.165) is 11.1 Å². The number of carbonyl (C=O) groups is 1. The van der Waals surface area contributed by atoms with Crippen molar-refractivity contribution in [2.75, 3.05) is 7.11 Å². The van der Waals surface area contributed by atoms with E-state index in [2.05, 4.69) is 25.0 Å². The molecular formula is C19H17F3N4O4. The minimum atomic E-state index is -4.70. The van der Waals surface area contributed by atoms with Crippen molar-refractivity contribution in [1.82, 2.24) is 20.4 Å². The summed E-state index contributed by atoms with van der Waals surface area (Å²) in [6, 6.07) is 6.50. The largest absolute Gasteiger partial charge is 0.495 e. The van der Waals surface area contributed by atoms with E-state index in [1.165, 1.54) is 13.3 Å². The highest BCUT2D eigenvalue weighted by molar-refractivity contribution is 5.67. The molecule has 0 bridgehead atoms. The number of nitrogens with one attached hydrogen (secondary N) is 1. The molecule has 2 aromatic heterocycles. The highest BCUT2D eigenvalue weighted by Gasteiger charge is 2.38. The normalized spacial score (nSPS) is 11.2. The number of aryl methyl sites for hydroxylation is 1. The number of methoxy groups -OCH3 is 1. The van der Waals surface area contributed by atoms with Crippen LogP contribution in [0.1, 0.15) is 22.6 Å². The monoisotopic (exact) mass is 422 g/mol. The van der Waals surface area contributed by atoms with Gasteiger partial charge in [0.1, 0.15) is 12.4 Å². The minimum Gasteiger partial charge on any atom is -0.495 e. The van der Waals surface area contributed by atoms with Crippen molar-refractivity contribution in [2.45, 2.75) is 26.3 Å². The van der Waals surface area contributed by atoms with Gasteiger partial charge in [-0.25, -0.2) is 4.79 Å². The standard InChI is InChI=1S/C19H17F3N4O4/c1-11-5-13(16-25-17(30-26-16)19(20,21)22)3-4-14(11)8-24-18(27)29-10-12-6-15(28-2)9-23-7-12/h3-7,9H,8,10H2,1-2H3,(H,24,27). The van der Waals surface area contributed by atoms with Gasteiger partial charge in [0.2, 0.25) is 5.82 Å². The fourth-order valence-corrected chi connectivity index (χ4v) is 2.51. The predicted octanol–water partition coefficient (Wildman–Crippen LogP) is 3.89. The summed E-state index contributed by atoms with van der Waals surface area (Å²) in [5.41, 5.74) is 2.51. The molecule has 0 aliphatic rings. The molecule has 8 nitrogen and oxygen atoms in total. The molecule has 0 atom stereocenters. The first kappa shape index (κ1) is 21.1. The third-order valence-corrected chi connectivity index (χ3v) is 4.07. The third-order valence-electron chi connectivity index (χ3n) is 4.07. The van der Waals surface area contributed by atoms with Gasteiger partial charge in [0.15, 0.2) is 0 Å². The number of alkyl carbamates (subject to hydrolysis) is 1. The maximum atomic E-state index is 12.6. The van der Waals surface area contributed by atoms with Crippen molar-refractivity contribution in [3.63, 3.8) is 0 Å². The van der Waals surface area contributed by atoms with Crippen LogP contribution < -0.4 is 10.1 Å². The molecule has 0 aliphatic heterocycles. The van der Waals surface area contributed by atoms with Crippen LogP contribution in [0, 0.1) is 6.92 Å². The van der Waals surface area contributed by atoms with Crippen molar-refractivity contribution >= 4 is 6.09 Å². The Morgan fingerprint density at radius 1 is 1.23 bits per heavy atom. The first-order chi connectivity index (χ1) is 14.3. The van der Waals surface area contributed by atoms with E-state index in [4.69, 9.17) is 9.47 Å². The Morgan fingerprint density at radius 3 is 2.70 bits per heavy atom. The number of nitrogens with zero attached hydrogens (tertiary/aromatic N) is 3.